The second-order valence-electron chi connectivity index (χ2n) is 7.31. The molecule has 1 spiro atoms. The summed E-state index contributed by atoms with van der Waals surface area (Å²) in [5, 5.41) is 0. The van der Waals surface area contributed by atoms with Crippen molar-refractivity contribution < 1.29 is 10.8 Å². The van der Waals surface area contributed by atoms with Gasteiger partial charge in [-0.05, 0) is 57.3 Å². The third-order valence-electron chi connectivity index (χ3n) is 5.21. The number of hydrogen-bond acceptors (Lipinski definition) is 2. The summed E-state index contributed by atoms with van der Waals surface area (Å²) in [4.78, 5) is 0. The topological polar surface area (TPSA) is 18.5 Å². The summed E-state index contributed by atoms with van der Waals surface area (Å²) in [5.74, 6) is 0.973. The van der Waals surface area contributed by atoms with Crippen LogP contribution < -0.4 is 0 Å². The highest BCUT2D eigenvalue weighted by Gasteiger charge is 2.52. The summed E-state index contributed by atoms with van der Waals surface area (Å²) >= 11 is 0. The van der Waals surface area contributed by atoms with Gasteiger partial charge in [-0.15, -0.1) is 0 Å². The minimum Gasteiger partial charge on any atom is -0.350 e. The van der Waals surface area contributed by atoms with Gasteiger partial charge in [-0.25, -0.2) is 0 Å². The Morgan fingerprint density at radius 3 is 2.17 bits per heavy atom. The Bertz CT molecular complexity index is 327. The lowest BCUT2D eigenvalue weighted by Gasteiger charge is -2.42. The molecule has 2 nitrogen and oxygen atoms in total. The Kier molecular flexibility index (Phi) is 2.92. The van der Waals surface area contributed by atoms with Gasteiger partial charge in [0.15, 0.2) is 5.79 Å². The van der Waals surface area contributed by atoms with Crippen molar-refractivity contribution in [3.8, 4) is 0 Å². The van der Waals surface area contributed by atoms with E-state index in [4.69, 9.17) is 10.8 Å². The molecule has 104 valence electrons. The minimum absolute atomic E-state index is 0.124. The van der Waals surface area contributed by atoms with Crippen LogP contribution in [0.15, 0.2) is 0 Å². The monoisotopic (exact) mass is 253 g/mol. The molecule has 1 heterocycles. The summed E-state index contributed by atoms with van der Waals surface area (Å²) in [6.45, 7) is 7.92. The van der Waals surface area contributed by atoms with Gasteiger partial charge in [0, 0.05) is 6.79 Å². The number of fused-ring (bicyclic) bond motifs is 1. The van der Waals surface area contributed by atoms with Crippen LogP contribution in [0.2, 0.25) is 0 Å². The van der Waals surface area contributed by atoms with Crippen LogP contribution in [0.1, 0.15) is 60.7 Å². The number of hydrogen-bond donors (Lipinski definition) is 0. The highest BCUT2D eigenvalue weighted by atomic mass is 16.7. The van der Waals surface area contributed by atoms with Crippen molar-refractivity contribution in [3.05, 3.63) is 0 Å². The number of rotatable bonds is 2. The van der Waals surface area contributed by atoms with Crippen LogP contribution in [0.3, 0.4) is 0 Å². The maximum Gasteiger partial charge on any atom is 0.162 e. The van der Waals surface area contributed by atoms with Crippen LogP contribution >= 0.6 is 0 Å². The van der Waals surface area contributed by atoms with E-state index in [1.165, 1.54) is 12.8 Å². The van der Waals surface area contributed by atoms with Crippen molar-refractivity contribution in [2.24, 2.45) is 23.1 Å². The molecule has 2 atom stereocenters. The molecule has 0 N–H and O–H groups in total. The first kappa shape index (κ1) is 11.7. The van der Waals surface area contributed by atoms with Gasteiger partial charge >= 0.3 is 0 Å². The third kappa shape index (κ3) is 2.34. The Morgan fingerprint density at radius 1 is 1.11 bits per heavy atom. The maximum atomic E-state index is 8.58. The van der Waals surface area contributed by atoms with Gasteiger partial charge in [0.1, 0.15) is 0 Å². The van der Waals surface area contributed by atoms with E-state index < -0.39 is 5.79 Å². The highest BCUT2D eigenvalue weighted by Crippen LogP contribution is 2.56. The molecule has 3 rings (SSSR count). The molecule has 0 aromatic rings. The van der Waals surface area contributed by atoms with E-state index in [2.05, 4.69) is 6.92 Å². The van der Waals surface area contributed by atoms with Gasteiger partial charge in [0.2, 0.25) is 0 Å². The van der Waals surface area contributed by atoms with Crippen molar-refractivity contribution >= 4 is 0 Å². The fourth-order valence-corrected chi connectivity index (χ4v) is 4.36. The first-order valence-corrected chi connectivity index (χ1v) is 7.63. The van der Waals surface area contributed by atoms with Gasteiger partial charge < -0.3 is 9.47 Å². The summed E-state index contributed by atoms with van der Waals surface area (Å²) in [6.07, 6.45) is 6.88. The van der Waals surface area contributed by atoms with Gasteiger partial charge in [0.25, 0.3) is 0 Å². The first-order chi connectivity index (χ1) is 8.86. The van der Waals surface area contributed by atoms with Crippen LogP contribution in [0.4, 0.5) is 0 Å². The van der Waals surface area contributed by atoms with E-state index in [0.717, 1.165) is 50.7 Å². The van der Waals surface area contributed by atoms with E-state index in [1.54, 1.807) is 0 Å². The molecule has 0 bridgehead atoms. The van der Waals surface area contributed by atoms with E-state index >= 15 is 0 Å². The van der Waals surface area contributed by atoms with Crippen LogP contribution in [-0.4, -0.2) is 19.0 Å². The molecule has 2 aliphatic carbocycles. The molecular weight excluding hydrogens is 224 g/mol. The third-order valence-corrected chi connectivity index (χ3v) is 5.21. The molecule has 1 aliphatic heterocycles. The summed E-state index contributed by atoms with van der Waals surface area (Å²) in [5.41, 5.74) is 0.262. The maximum absolute atomic E-state index is 8.58. The quantitative estimate of drug-likeness (QED) is 0.741. The second kappa shape index (κ2) is 4.49. The van der Waals surface area contributed by atoms with Crippen LogP contribution in [0.25, 0.3) is 0 Å². The normalized spacial score (nSPS) is 40.7. The lowest BCUT2D eigenvalue weighted by atomic mass is 9.83. The molecule has 3 aliphatic rings. The molecule has 0 radical (unpaired) electrons. The molecule has 18 heavy (non-hydrogen) atoms. The Labute approximate surface area is 113 Å². The first-order valence-electron chi connectivity index (χ1n) is 8.13. The average Bonchev–Trinajstić information content (AvgIpc) is 2.76. The number of ether oxygens (including phenoxy) is 2. The molecule has 0 aromatic heterocycles. The highest BCUT2D eigenvalue weighted by molar-refractivity contribution is 5.00. The van der Waals surface area contributed by atoms with Crippen molar-refractivity contribution in [2.45, 2.75) is 65.1 Å². The SMILES string of the molecule is [2H]C1(CCC)C[C@H]2CC3(COC(C)(C)OC3)C[C@@H]2C1. The summed E-state index contributed by atoms with van der Waals surface area (Å²) in [6, 6.07) is 0. The zero-order valence-corrected chi connectivity index (χ0v) is 12.1. The lowest BCUT2D eigenvalue weighted by Crippen LogP contribution is -2.45. The fourth-order valence-electron chi connectivity index (χ4n) is 4.36. The van der Waals surface area contributed by atoms with Crippen molar-refractivity contribution in [3.63, 3.8) is 0 Å². The zero-order chi connectivity index (χ0) is 13.7. The molecule has 2 heteroatoms. The van der Waals surface area contributed by atoms with Crippen molar-refractivity contribution in [2.75, 3.05) is 13.2 Å². The smallest absolute Gasteiger partial charge is 0.162 e. The average molecular weight is 253 g/mol. The molecule has 3 fully saturated rings. The van der Waals surface area contributed by atoms with Crippen molar-refractivity contribution in [1.29, 1.82) is 0 Å². The molecular formula is C16H28O2. The van der Waals surface area contributed by atoms with E-state index in [0.29, 0.717) is 0 Å². The van der Waals surface area contributed by atoms with E-state index in [9.17, 15) is 0 Å². The fraction of sp³-hybridized carbons (Fsp3) is 1.00. The standard InChI is InChI=1S/C16H28O2/c1-4-5-12-6-13-8-16(9-14(13)7-12)10-17-15(2,3)18-11-16/h12-14H,4-11H2,1-3H3/t13-,14-/m0/s1/i12D. The predicted octanol–water partition coefficient (Wildman–Crippen LogP) is 3.99. The predicted molar refractivity (Wildman–Crippen MR) is 72.3 cm³/mol. The van der Waals surface area contributed by atoms with E-state index in [-0.39, 0.29) is 11.3 Å². The molecule has 2 saturated carbocycles. The second-order valence-corrected chi connectivity index (χ2v) is 7.31. The molecule has 1 saturated heterocycles. The van der Waals surface area contributed by atoms with Crippen LogP contribution in [0, 0.1) is 23.1 Å². The lowest BCUT2D eigenvalue weighted by molar-refractivity contribution is -0.285. The Balaban J connectivity index is 1.62. The van der Waals surface area contributed by atoms with Gasteiger partial charge in [-0.2, -0.15) is 0 Å². The minimum atomic E-state index is -0.398. The molecule has 0 aromatic carbocycles. The van der Waals surface area contributed by atoms with Crippen LogP contribution in [-0.2, 0) is 9.47 Å². The van der Waals surface area contributed by atoms with Crippen molar-refractivity contribution in [1.82, 2.24) is 0 Å². The van der Waals surface area contributed by atoms with Gasteiger partial charge in [0.05, 0.1) is 13.2 Å². The summed E-state index contributed by atoms with van der Waals surface area (Å²) < 4.78 is 20.4. The molecule has 0 amide bonds. The molecule has 0 unspecified atom stereocenters. The largest absolute Gasteiger partial charge is 0.350 e. The van der Waals surface area contributed by atoms with Crippen LogP contribution in [0.5, 0.6) is 0 Å². The Morgan fingerprint density at radius 2 is 1.67 bits per heavy atom. The van der Waals surface area contributed by atoms with Gasteiger partial charge in [-0.3, -0.25) is 0 Å². The summed E-state index contributed by atoms with van der Waals surface area (Å²) in [7, 11) is 0. The van der Waals surface area contributed by atoms with E-state index in [1.807, 2.05) is 13.8 Å². The zero-order valence-electron chi connectivity index (χ0n) is 13.1. The Hall–Kier alpha value is -0.0800. The van der Waals surface area contributed by atoms with Gasteiger partial charge in [-0.1, -0.05) is 19.8 Å².